The topological polar surface area (TPSA) is 88.3 Å². The fraction of sp³-hybridized carbons (Fsp3) is 0.500. The van der Waals surface area contributed by atoms with Crippen LogP contribution in [0.5, 0.6) is 0 Å². The second-order valence-corrected chi connectivity index (χ2v) is 6.22. The van der Waals surface area contributed by atoms with Crippen molar-refractivity contribution in [1.82, 2.24) is 19.7 Å². The van der Waals surface area contributed by atoms with E-state index < -0.39 is 11.9 Å². The monoisotopic (exact) mass is 316 g/mol. The Kier molecular flexibility index (Phi) is 3.79. The van der Waals surface area contributed by atoms with Crippen LogP contribution in [-0.4, -0.2) is 49.2 Å². The molecule has 7 heteroatoms. The molecule has 3 rings (SSSR count). The number of aromatic nitrogens is 3. The number of carboxylic acid groups (broad SMARTS) is 1. The molecule has 0 aromatic carbocycles. The van der Waals surface area contributed by atoms with Crippen molar-refractivity contribution in [2.75, 3.05) is 6.54 Å². The van der Waals surface area contributed by atoms with Crippen molar-refractivity contribution in [1.29, 1.82) is 0 Å². The van der Waals surface area contributed by atoms with E-state index in [0.717, 1.165) is 16.7 Å². The van der Waals surface area contributed by atoms with Crippen molar-refractivity contribution in [2.45, 2.75) is 32.7 Å². The van der Waals surface area contributed by atoms with Crippen molar-refractivity contribution >= 4 is 22.9 Å². The van der Waals surface area contributed by atoms with Gasteiger partial charge in [0, 0.05) is 31.2 Å². The number of hydrogen-bond donors (Lipinski definition) is 1. The molecule has 2 aromatic heterocycles. The highest BCUT2D eigenvalue weighted by atomic mass is 16.4. The molecule has 0 saturated carbocycles. The number of nitrogens with zero attached hydrogens (tertiary/aromatic N) is 4. The summed E-state index contributed by atoms with van der Waals surface area (Å²) in [5.41, 5.74) is 2.03. The van der Waals surface area contributed by atoms with E-state index in [1.165, 1.54) is 0 Å². The summed E-state index contributed by atoms with van der Waals surface area (Å²) in [5.74, 6) is -1.50. The zero-order valence-corrected chi connectivity index (χ0v) is 13.5. The second-order valence-electron chi connectivity index (χ2n) is 6.22. The average molecular weight is 316 g/mol. The number of piperidine rings is 1. The van der Waals surface area contributed by atoms with Gasteiger partial charge in [0.25, 0.3) is 5.91 Å². The largest absolute Gasteiger partial charge is 0.481 e. The number of likely N-dealkylation sites (tertiary alicyclic amines) is 1. The van der Waals surface area contributed by atoms with Gasteiger partial charge in [0.1, 0.15) is 0 Å². The molecule has 23 heavy (non-hydrogen) atoms. The molecule has 122 valence electrons. The third kappa shape index (κ3) is 2.67. The van der Waals surface area contributed by atoms with Crippen LogP contribution in [0.1, 0.15) is 35.8 Å². The highest BCUT2D eigenvalue weighted by Crippen LogP contribution is 2.25. The molecule has 0 bridgehead atoms. The van der Waals surface area contributed by atoms with Gasteiger partial charge in [-0.25, -0.2) is 4.98 Å². The average Bonchev–Trinajstić information content (AvgIpc) is 2.81. The van der Waals surface area contributed by atoms with E-state index >= 15 is 0 Å². The van der Waals surface area contributed by atoms with E-state index in [2.05, 4.69) is 10.1 Å². The van der Waals surface area contributed by atoms with Gasteiger partial charge in [-0.3, -0.25) is 14.3 Å². The molecular formula is C16H20N4O3. The van der Waals surface area contributed by atoms with E-state index in [1.807, 2.05) is 20.9 Å². The minimum Gasteiger partial charge on any atom is -0.481 e. The Morgan fingerprint density at radius 2 is 2.09 bits per heavy atom. The molecule has 1 fully saturated rings. The predicted octanol–water partition coefficient (Wildman–Crippen LogP) is 1.60. The van der Waals surface area contributed by atoms with E-state index in [4.69, 9.17) is 0 Å². The van der Waals surface area contributed by atoms with Gasteiger partial charge in [0.15, 0.2) is 5.65 Å². The molecule has 1 aliphatic heterocycles. The molecule has 1 amide bonds. The maximum absolute atomic E-state index is 12.8. The van der Waals surface area contributed by atoms with E-state index in [-0.39, 0.29) is 18.5 Å². The van der Waals surface area contributed by atoms with Crippen molar-refractivity contribution in [2.24, 2.45) is 13.0 Å². The maximum atomic E-state index is 12.8. The third-order valence-corrected chi connectivity index (χ3v) is 4.60. The first kappa shape index (κ1) is 15.5. The lowest BCUT2D eigenvalue weighted by atomic mass is 9.93. The standard InChI is InChI=1S/C16H20N4O3/c1-9-4-5-11(16(22)23)8-20(9)15(21)12-6-13-10(2)18-19(3)14(13)17-7-12/h6-7,9,11H,4-5,8H2,1-3H3,(H,22,23)/t9-,11+/m0/s1. The van der Waals surface area contributed by atoms with Gasteiger partial charge in [0.2, 0.25) is 0 Å². The van der Waals surface area contributed by atoms with E-state index in [9.17, 15) is 14.7 Å². The van der Waals surface area contributed by atoms with Crippen LogP contribution in [0, 0.1) is 12.8 Å². The van der Waals surface area contributed by atoms with Crippen molar-refractivity contribution < 1.29 is 14.7 Å². The Morgan fingerprint density at radius 1 is 1.35 bits per heavy atom. The normalized spacial score (nSPS) is 21.6. The Labute approximate surface area is 133 Å². The summed E-state index contributed by atoms with van der Waals surface area (Å²) >= 11 is 0. The van der Waals surface area contributed by atoms with Gasteiger partial charge in [-0.2, -0.15) is 5.10 Å². The number of carbonyl (C=O) groups excluding carboxylic acids is 1. The van der Waals surface area contributed by atoms with Crippen LogP contribution < -0.4 is 0 Å². The van der Waals surface area contributed by atoms with Crippen LogP contribution in [-0.2, 0) is 11.8 Å². The number of carbonyl (C=O) groups is 2. The lowest BCUT2D eigenvalue weighted by Crippen LogP contribution is -2.47. The lowest BCUT2D eigenvalue weighted by Gasteiger charge is -2.36. The first-order valence-electron chi connectivity index (χ1n) is 7.71. The summed E-state index contributed by atoms with van der Waals surface area (Å²) in [6.07, 6.45) is 2.85. The van der Waals surface area contributed by atoms with Crippen molar-refractivity contribution in [3.05, 3.63) is 23.5 Å². The van der Waals surface area contributed by atoms with Crippen LogP contribution in [0.3, 0.4) is 0 Å². The number of fused-ring (bicyclic) bond motifs is 1. The molecule has 1 aliphatic rings. The zero-order chi connectivity index (χ0) is 16.7. The Morgan fingerprint density at radius 3 is 2.78 bits per heavy atom. The zero-order valence-electron chi connectivity index (χ0n) is 13.5. The molecule has 2 atom stereocenters. The van der Waals surface area contributed by atoms with Crippen molar-refractivity contribution in [3.8, 4) is 0 Å². The first-order chi connectivity index (χ1) is 10.9. The molecule has 2 aromatic rings. The second kappa shape index (κ2) is 5.64. The van der Waals surface area contributed by atoms with Gasteiger partial charge in [0.05, 0.1) is 17.2 Å². The summed E-state index contributed by atoms with van der Waals surface area (Å²) in [6, 6.07) is 1.83. The van der Waals surface area contributed by atoms with Gasteiger partial charge in [-0.15, -0.1) is 0 Å². The van der Waals surface area contributed by atoms with Crippen LogP contribution in [0.15, 0.2) is 12.3 Å². The molecule has 7 nitrogen and oxygen atoms in total. The van der Waals surface area contributed by atoms with Gasteiger partial charge in [-0.1, -0.05) is 0 Å². The number of amides is 1. The quantitative estimate of drug-likeness (QED) is 0.909. The number of aryl methyl sites for hydroxylation is 2. The molecule has 1 saturated heterocycles. The van der Waals surface area contributed by atoms with Crippen LogP contribution in [0.25, 0.3) is 11.0 Å². The van der Waals surface area contributed by atoms with E-state index in [0.29, 0.717) is 18.4 Å². The third-order valence-electron chi connectivity index (χ3n) is 4.60. The van der Waals surface area contributed by atoms with E-state index in [1.54, 1.807) is 21.8 Å². The van der Waals surface area contributed by atoms with Crippen LogP contribution >= 0.6 is 0 Å². The lowest BCUT2D eigenvalue weighted by molar-refractivity contribution is -0.143. The van der Waals surface area contributed by atoms with Gasteiger partial charge in [-0.05, 0) is 32.8 Å². The summed E-state index contributed by atoms with van der Waals surface area (Å²) in [6.45, 7) is 4.08. The Hall–Kier alpha value is -2.44. The summed E-state index contributed by atoms with van der Waals surface area (Å²) < 4.78 is 1.68. The number of carboxylic acids is 1. The smallest absolute Gasteiger partial charge is 0.308 e. The minimum atomic E-state index is -0.841. The molecular weight excluding hydrogens is 296 g/mol. The Balaban J connectivity index is 1.92. The highest BCUT2D eigenvalue weighted by Gasteiger charge is 2.33. The SMILES string of the molecule is Cc1nn(C)c2ncc(C(=O)N3C[C@H](C(=O)O)CC[C@@H]3C)cc12. The molecule has 3 heterocycles. The van der Waals surface area contributed by atoms with Gasteiger partial charge >= 0.3 is 5.97 Å². The van der Waals surface area contributed by atoms with Gasteiger partial charge < -0.3 is 10.0 Å². The van der Waals surface area contributed by atoms with Crippen LogP contribution in [0.2, 0.25) is 0 Å². The summed E-state index contributed by atoms with van der Waals surface area (Å²) in [4.78, 5) is 30.0. The molecule has 0 unspecified atom stereocenters. The highest BCUT2D eigenvalue weighted by molar-refractivity contribution is 5.97. The number of aliphatic carboxylic acids is 1. The number of hydrogen-bond acceptors (Lipinski definition) is 4. The molecule has 0 radical (unpaired) electrons. The maximum Gasteiger partial charge on any atom is 0.308 e. The number of rotatable bonds is 2. The van der Waals surface area contributed by atoms with Crippen LogP contribution in [0.4, 0.5) is 0 Å². The molecule has 1 N–H and O–H groups in total. The summed E-state index contributed by atoms with van der Waals surface area (Å²) in [5, 5.41) is 14.4. The number of pyridine rings is 1. The molecule has 0 spiro atoms. The fourth-order valence-electron chi connectivity index (χ4n) is 3.18. The summed E-state index contributed by atoms with van der Waals surface area (Å²) in [7, 11) is 1.81. The fourth-order valence-corrected chi connectivity index (χ4v) is 3.18. The Bertz CT molecular complexity index is 783. The van der Waals surface area contributed by atoms with Crippen molar-refractivity contribution in [3.63, 3.8) is 0 Å². The predicted molar refractivity (Wildman–Crippen MR) is 84.1 cm³/mol. The molecule has 0 aliphatic carbocycles. The first-order valence-corrected chi connectivity index (χ1v) is 7.71. The minimum absolute atomic E-state index is 0.0313.